The Hall–Kier alpha value is -4.01. The van der Waals surface area contributed by atoms with Crippen molar-refractivity contribution in [2.45, 2.75) is 19.6 Å². The lowest BCUT2D eigenvalue weighted by molar-refractivity contribution is -0.384. The zero-order chi connectivity index (χ0) is 23.2. The molecule has 0 aliphatic rings. The van der Waals surface area contributed by atoms with Crippen LogP contribution in [0.2, 0.25) is 0 Å². The maximum absolute atomic E-state index is 11.1. The average Bonchev–Trinajstić information content (AvgIpc) is 2.84. The molecule has 168 valence electrons. The molecule has 0 aliphatic heterocycles. The predicted molar refractivity (Wildman–Crippen MR) is 125 cm³/mol. The summed E-state index contributed by atoms with van der Waals surface area (Å²) in [5, 5.41) is 26.4. The second-order valence-electron chi connectivity index (χ2n) is 7.37. The zero-order valence-electron chi connectivity index (χ0n) is 18.0. The third-order valence-electron chi connectivity index (χ3n) is 5.22. The van der Waals surface area contributed by atoms with Crippen molar-refractivity contribution < 1.29 is 19.8 Å². The molecule has 0 saturated carbocycles. The van der Waals surface area contributed by atoms with Crippen LogP contribution in [-0.2, 0) is 16.4 Å². The van der Waals surface area contributed by atoms with Crippen molar-refractivity contribution in [2.75, 3.05) is 11.9 Å². The van der Waals surface area contributed by atoms with Crippen LogP contribution in [0.1, 0.15) is 29.7 Å². The standard InChI is InChI=1S/C25H23N3O5/c1-2-32-33-16-17-5-10-20(11-6-17)27-23(19-7-12-21(13-8-19)28(30)31)22-14-9-18-4-3-15-26-24(18)25(22)29/h3-15,23,27,29H,2,16H2,1H3. The molecule has 4 rings (SSSR count). The van der Waals surface area contributed by atoms with Gasteiger partial charge in [-0.2, -0.15) is 0 Å². The molecule has 0 radical (unpaired) electrons. The van der Waals surface area contributed by atoms with Gasteiger partial charge in [0.05, 0.1) is 17.6 Å². The number of phenolic OH excluding ortho intramolecular Hbond substituents is 1. The van der Waals surface area contributed by atoms with Crippen molar-refractivity contribution in [3.05, 3.63) is 106 Å². The molecule has 0 aliphatic carbocycles. The van der Waals surface area contributed by atoms with Crippen molar-refractivity contribution >= 4 is 22.3 Å². The molecule has 1 atom stereocenters. The number of nitro groups is 1. The maximum Gasteiger partial charge on any atom is 0.269 e. The van der Waals surface area contributed by atoms with Gasteiger partial charge in [-0.05, 0) is 48.4 Å². The van der Waals surface area contributed by atoms with E-state index in [1.807, 2.05) is 55.5 Å². The third kappa shape index (κ3) is 5.08. The molecule has 1 aromatic heterocycles. The highest BCUT2D eigenvalue weighted by Gasteiger charge is 2.21. The van der Waals surface area contributed by atoms with Gasteiger partial charge < -0.3 is 10.4 Å². The number of aromatic nitrogens is 1. The Labute approximate surface area is 190 Å². The van der Waals surface area contributed by atoms with Crippen molar-refractivity contribution in [3.8, 4) is 5.75 Å². The fourth-order valence-corrected chi connectivity index (χ4v) is 3.56. The van der Waals surface area contributed by atoms with E-state index in [0.29, 0.717) is 24.3 Å². The Morgan fingerprint density at radius 3 is 2.48 bits per heavy atom. The minimum absolute atomic E-state index is 0.000510. The Balaban J connectivity index is 1.69. The first-order chi connectivity index (χ1) is 16.1. The predicted octanol–water partition coefficient (Wildman–Crippen LogP) is 5.52. The lowest BCUT2D eigenvalue weighted by atomic mass is 9.95. The number of nitrogens with one attached hydrogen (secondary N) is 1. The van der Waals surface area contributed by atoms with E-state index in [4.69, 9.17) is 9.78 Å². The molecule has 0 amide bonds. The molecular formula is C25H23N3O5. The van der Waals surface area contributed by atoms with E-state index in [0.717, 1.165) is 22.2 Å². The van der Waals surface area contributed by atoms with Crippen molar-refractivity contribution in [2.24, 2.45) is 0 Å². The molecule has 3 aromatic carbocycles. The number of phenols is 1. The molecule has 2 N–H and O–H groups in total. The molecular weight excluding hydrogens is 422 g/mol. The lowest BCUT2D eigenvalue weighted by Crippen LogP contribution is -2.13. The van der Waals surface area contributed by atoms with Crippen LogP contribution in [0.4, 0.5) is 11.4 Å². The van der Waals surface area contributed by atoms with E-state index in [-0.39, 0.29) is 11.4 Å². The van der Waals surface area contributed by atoms with Crippen molar-refractivity contribution in [3.63, 3.8) is 0 Å². The summed E-state index contributed by atoms with van der Waals surface area (Å²) in [5.74, 6) is 0.0608. The number of benzene rings is 3. The summed E-state index contributed by atoms with van der Waals surface area (Å²) in [4.78, 5) is 25.0. The van der Waals surface area contributed by atoms with Gasteiger partial charge in [-0.25, -0.2) is 9.78 Å². The van der Waals surface area contributed by atoms with Crippen LogP contribution in [-0.4, -0.2) is 21.6 Å². The summed E-state index contributed by atoms with van der Waals surface area (Å²) in [7, 11) is 0. The number of non-ortho nitro benzene ring substituents is 1. The number of hydrogen-bond acceptors (Lipinski definition) is 7. The molecule has 0 fully saturated rings. The van der Waals surface area contributed by atoms with E-state index < -0.39 is 11.0 Å². The second kappa shape index (κ2) is 10.1. The molecule has 0 bridgehead atoms. The van der Waals surface area contributed by atoms with E-state index in [9.17, 15) is 15.2 Å². The highest BCUT2D eigenvalue weighted by Crippen LogP contribution is 2.37. The quantitative estimate of drug-likeness (QED) is 0.151. The van der Waals surface area contributed by atoms with Gasteiger partial charge in [0.15, 0.2) is 0 Å². The summed E-state index contributed by atoms with van der Waals surface area (Å²) in [6, 6.07) is 20.8. The number of hydrogen-bond donors (Lipinski definition) is 2. The lowest BCUT2D eigenvalue weighted by Gasteiger charge is -2.22. The first-order valence-corrected chi connectivity index (χ1v) is 10.5. The number of aromatic hydroxyl groups is 1. The van der Waals surface area contributed by atoms with Gasteiger partial charge >= 0.3 is 0 Å². The average molecular weight is 445 g/mol. The summed E-state index contributed by atoms with van der Waals surface area (Å²) >= 11 is 0. The number of nitro benzene ring substituents is 1. The number of nitrogens with zero attached hydrogens (tertiary/aromatic N) is 2. The summed E-state index contributed by atoms with van der Waals surface area (Å²) in [6.45, 7) is 2.65. The highest BCUT2D eigenvalue weighted by atomic mass is 17.2. The molecule has 1 heterocycles. The zero-order valence-corrected chi connectivity index (χ0v) is 18.0. The fraction of sp³-hybridized carbons (Fsp3) is 0.160. The SMILES string of the molecule is CCOOCc1ccc(NC(c2ccc([N+](=O)[O-])cc2)c2ccc3cccnc3c2O)cc1. The van der Waals surface area contributed by atoms with E-state index in [1.165, 1.54) is 12.1 Å². The van der Waals surface area contributed by atoms with Gasteiger partial charge in [-0.3, -0.25) is 15.1 Å². The van der Waals surface area contributed by atoms with Crippen LogP contribution in [0, 0.1) is 10.1 Å². The third-order valence-corrected chi connectivity index (χ3v) is 5.22. The van der Waals surface area contributed by atoms with Gasteiger partial charge in [-0.1, -0.05) is 30.3 Å². The Kier molecular flexibility index (Phi) is 6.77. The monoisotopic (exact) mass is 445 g/mol. The number of fused-ring (bicyclic) bond motifs is 1. The summed E-state index contributed by atoms with van der Waals surface area (Å²) < 4.78 is 0. The smallest absolute Gasteiger partial charge is 0.269 e. The summed E-state index contributed by atoms with van der Waals surface area (Å²) in [6.07, 6.45) is 1.63. The van der Waals surface area contributed by atoms with E-state index >= 15 is 0 Å². The molecule has 8 heteroatoms. The maximum atomic E-state index is 11.1. The molecule has 4 aromatic rings. The molecule has 0 spiro atoms. The molecule has 0 saturated heterocycles. The van der Waals surface area contributed by atoms with Crippen LogP contribution in [0.25, 0.3) is 10.9 Å². The largest absolute Gasteiger partial charge is 0.505 e. The number of rotatable bonds is 9. The van der Waals surface area contributed by atoms with Gasteiger partial charge in [0.1, 0.15) is 17.9 Å². The molecule has 1 unspecified atom stereocenters. The highest BCUT2D eigenvalue weighted by molar-refractivity contribution is 5.86. The van der Waals surface area contributed by atoms with Crippen LogP contribution >= 0.6 is 0 Å². The summed E-state index contributed by atoms with van der Waals surface area (Å²) in [5.41, 5.74) is 3.61. The van der Waals surface area contributed by atoms with Crippen LogP contribution in [0.3, 0.4) is 0 Å². The molecule has 33 heavy (non-hydrogen) atoms. The minimum atomic E-state index is -0.470. The van der Waals surface area contributed by atoms with Crippen LogP contribution in [0.15, 0.2) is 79.0 Å². The fourth-order valence-electron chi connectivity index (χ4n) is 3.56. The van der Waals surface area contributed by atoms with Crippen LogP contribution < -0.4 is 5.32 Å². The number of anilines is 1. The van der Waals surface area contributed by atoms with Gasteiger partial charge in [0.2, 0.25) is 0 Å². The first kappa shape index (κ1) is 22.2. The molecule has 8 nitrogen and oxygen atoms in total. The van der Waals surface area contributed by atoms with Gasteiger partial charge in [0, 0.05) is 35.0 Å². The normalized spacial score (nSPS) is 11.9. The Morgan fingerprint density at radius 2 is 1.79 bits per heavy atom. The van der Waals surface area contributed by atoms with Gasteiger partial charge in [-0.15, -0.1) is 0 Å². The first-order valence-electron chi connectivity index (χ1n) is 10.5. The van der Waals surface area contributed by atoms with E-state index in [1.54, 1.807) is 18.3 Å². The topological polar surface area (TPSA) is 107 Å². The Morgan fingerprint density at radius 1 is 1.03 bits per heavy atom. The minimum Gasteiger partial charge on any atom is -0.505 e. The Bertz CT molecular complexity index is 1240. The number of pyridine rings is 1. The van der Waals surface area contributed by atoms with Gasteiger partial charge in [0.25, 0.3) is 5.69 Å². The van der Waals surface area contributed by atoms with Crippen molar-refractivity contribution in [1.82, 2.24) is 4.98 Å². The van der Waals surface area contributed by atoms with E-state index in [2.05, 4.69) is 10.3 Å². The van der Waals surface area contributed by atoms with Crippen LogP contribution in [0.5, 0.6) is 5.75 Å². The van der Waals surface area contributed by atoms with Crippen molar-refractivity contribution in [1.29, 1.82) is 0 Å². The second-order valence-corrected chi connectivity index (χ2v) is 7.37.